The van der Waals surface area contributed by atoms with E-state index in [1.807, 2.05) is 0 Å². The van der Waals surface area contributed by atoms with Crippen LogP contribution >= 0.6 is 23.2 Å². The van der Waals surface area contributed by atoms with Crippen LogP contribution in [0.2, 0.25) is 10.0 Å². The van der Waals surface area contributed by atoms with Crippen LogP contribution in [-0.4, -0.2) is 18.9 Å². The Bertz CT molecular complexity index is 1090. The van der Waals surface area contributed by atoms with E-state index in [0.29, 0.717) is 26.8 Å². The lowest BCUT2D eigenvalue weighted by Gasteiger charge is -2.07. The molecule has 0 saturated heterocycles. The highest BCUT2D eigenvalue weighted by Crippen LogP contribution is 2.32. The molecule has 6 nitrogen and oxygen atoms in total. The minimum atomic E-state index is -3.78. The number of nitrogens with two attached hydrogens (primary N) is 1. The van der Waals surface area contributed by atoms with Crippen molar-refractivity contribution in [2.75, 3.05) is 5.32 Å². The zero-order valence-electron chi connectivity index (χ0n) is 13.0. The van der Waals surface area contributed by atoms with Gasteiger partial charge in [-0.05, 0) is 42.5 Å². The lowest BCUT2D eigenvalue weighted by atomic mass is 10.2. The number of halogens is 2. The van der Waals surface area contributed by atoms with Crippen LogP contribution in [0.1, 0.15) is 10.5 Å². The first-order chi connectivity index (χ1) is 11.7. The van der Waals surface area contributed by atoms with Crippen molar-refractivity contribution in [1.82, 2.24) is 4.57 Å². The summed E-state index contributed by atoms with van der Waals surface area (Å²) in [5.41, 5.74) is 1.59. The first-order valence-corrected chi connectivity index (χ1v) is 9.36. The van der Waals surface area contributed by atoms with Gasteiger partial charge in [0.1, 0.15) is 5.69 Å². The number of fused-ring (bicyclic) bond motifs is 1. The van der Waals surface area contributed by atoms with Crippen molar-refractivity contribution in [2.45, 2.75) is 4.90 Å². The van der Waals surface area contributed by atoms with Gasteiger partial charge in [0.05, 0.1) is 14.9 Å². The fourth-order valence-corrected chi connectivity index (χ4v) is 3.38. The van der Waals surface area contributed by atoms with E-state index in [9.17, 15) is 13.2 Å². The Hall–Kier alpha value is -2.06. The van der Waals surface area contributed by atoms with Crippen molar-refractivity contribution in [2.24, 2.45) is 12.2 Å². The first-order valence-electron chi connectivity index (χ1n) is 7.06. The van der Waals surface area contributed by atoms with Gasteiger partial charge in [0.15, 0.2) is 0 Å². The maximum absolute atomic E-state index is 12.5. The number of amides is 1. The first kappa shape index (κ1) is 17.8. The fourth-order valence-electron chi connectivity index (χ4n) is 2.49. The van der Waals surface area contributed by atoms with Gasteiger partial charge in [0.2, 0.25) is 10.0 Å². The molecular formula is C16H13Cl2N3O3S. The summed E-state index contributed by atoms with van der Waals surface area (Å²) < 4.78 is 24.2. The highest BCUT2D eigenvalue weighted by molar-refractivity contribution is 7.89. The molecule has 25 heavy (non-hydrogen) atoms. The molecule has 1 heterocycles. The predicted molar refractivity (Wildman–Crippen MR) is 98.7 cm³/mol. The van der Waals surface area contributed by atoms with Gasteiger partial charge in [-0.1, -0.05) is 23.2 Å². The van der Waals surface area contributed by atoms with E-state index in [0.717, 1.165) is 5.52 Å². The number of nitrogens with one attached hydrogen (secondary N) is 1. The average molecular weight is 398 g/mol. The van der Waals surface area contributed by atoms with Gasteiger partial charge in [-0.25, -0.2) is 13.6 Å². The summed E-state index contributed by atoms with van der Waals surface area (Å²) in [6.45, 7) is 0. The smallest absolute Gasteiger partial charge is 0.272 e. The molecular weight excluding hydrogens is 385 g/mol. The summed E-state index contributed by atoms with van der Waals surface area (Å²) in [5, 5.41) is 9.21. The zero-order valence-corrected chi connectivity index (χ0v) is 15.3. The molecule has 0 unspecified atom stereocenters. The van der Waals surface area contributed by atoms with Gasteiger partial charge in [0, 0.05) is 23.6 Å². The van der Waals surface area contributed by atoms with E-state index in [4.69, 9.17) is 28.3 Å². The molecule has 0 fully saturated rings. The summed E-state index contributed by atoms with van der Waals surface area (Å²) in [6, 6.07) is 10.7. The third kappa shape index (κ3) is 3.36. The van der Waals surface area contributed by atoms with Crippen LogP contribution in [-0.2, 0) is 17.1 Å². The Morgan fingerprint density at radius 3 is 2.36 bits per heavy atom. The molecule has 1 aromatic heterocycles. The lowest BCUT2D eigenvalue weighted by molar-refractivity contribution is 0.101. The summed E-state index contributed by atoms with van der Waals surface area (Å²) >= 11 is 12.2. The van der Waals surface area contributed by atoms with Crippen molar-refractivity contribution in [3.05, 3.63) is 58.2 Å². The number of sulfonamides is 1. The minimum absolute atomic E-state index is 0.0310. The van der Waals surface area contributed by atoms with Crippen molar-refractivity contribution in [3.63, 3.8) is 0 Å². The molecule has 0 aliphatic heterocycles. The Labute approximate surface area is 154 Å². The van der Waals surface area contributed by atoms with Crippen LogP contribution in [0, 0.1) is 0 Å². The van der Waals surface area contributed by atoms with Crippen LogP contribution in [0.15, 0.2) is 47.4 Å². The van der Waals surface area contributed by atoms with Gasteiger partial charge < -0.3 is 9.88 Å². The molecule has 0 atom stereocenters. The number of carbonyl (C=O) groups excluding carboxylic acids is 1. The average Bonchev–Trinajstić information content (AvgIpc) is 2.88. The minimum Gasteiger partial charge on any atom is -0.340 e. The van der Waals surface area contributed by atoms with E-state index in [-0.39, 0.29) is 10.8 Å². The third-order valence-corrected chi connectivity index (χ3v) is 5.53. The fraction of sp³-hybridized carbons (Fsp3) is 0.0625. The second-order valence-corrected chi connectivity index (χ2v) is 7.75. The van der Waals surface area contributed by atoms with Gasteiger partial charge in [0.25, 0.3) is 5.91 Å². The molecule has 0 aliphatic rings. The third-order valence-electron chi connectivity index (χ3n) is 3.79. The topological polar surface area (TPSA) is 94.2 Å². The number of aryl methyl sites for hydroxylation is 1. The normalized spacial score (nSPS) is 11.7. The van der Waals surface area contributed by atoms with E-state index in [1.54, 1.807) is 29.8 Å². The Kier molecular flexibility index (Phi) is 4.51. The Morgan fingerprint density at radius 2 is 1.76 bits per heavy atom. The second-order valence-electron chi connectivity index (χ2n) is 5.41. The highest BCUT2D eigenvalue weighted by Gasteiger charge is 2.17. The summed E-state index contributed by atoms with van der Waals surface area (Å²) in [5.74, 6) is -0.366. The summed E-state index contributed by atoms with van der Waals surface area (Å²) in [7, 11) is -2.04. The number of nitrogens with zero attached hydrogens (tertiary/aromatic N) is 1. The number of benzene rings is 2. The molecule has 0 spiro atoms. The number of rotatable bonds is 3. The molecule has 1 amide bonds. The molecule has 0 bridgehead atoms. The van der Waals surface area contributed by atoms with Crippen molar-refractivity contribution in [1.29, 1.82) is 0 Å². The molecule has 2 aromatic carbocycles. The van der Waals surface area contributed by atoms with E-state index < -0.39 is 10.0 Å². The zero-order chi connectivity index (χ0) is 18.4. The monoisotopic (exact) mass is 397 g/mol. The number of hydrogen-bond acceptors (Lipinski definition) is 3. The Balaban J connectivity index is 1.93. The lowest BCUT2D eigenvalue weighted by Crippen LogP contribution is -2.16. The molecule has 3 aromatic rings. The standard InChI is InChI=1S/C16H13Cl2N3O3S/c1-21-13-7-6-12(17)15(18)11(13)8-14(21)16(22)20-9-2-4-10(5-3-9)25(19,23)24/h2-8H,1H3,(H,20,22)(H2,19,23,24). The quantitative estimate of drug-likeness (QED) is 0.708. The number of hydrogen-bond donors (Lipinski definition) is 2. The molecule has 0 radical (unpaired) electrons. The number of carbonyl (C=O) groups is 1. The van der Waals surface area contributed by atoms with Crippen LogP contribution in [0.25, 0.3) is 10.9 Å². The number of primary sulfonamides is 1. The molecule has 3 N–H and O–H groups in total. The van der Waals surface area contributed by atoms with E-state index in [1.165, 1.54) is 24.3 Å². The molecule has 3 rings (SSSR count). The second kappa shape index (κ2) is 6.34. The Morgan fingerprint density at radius 1 is 1.12 bits per heavy atom. The summed E-state index contributed by atoms with van der Waals surface area (Å²) in [6.07, 6.45) is 0. The van der Waals surface area contributed by atoms with E-state index in [2.05, 4.69) is 5.32 Å². The summed E-state index contributed by atoms with van der Waals surface area (Å²) in [4.78, 5) is 12.5. The molecule has 130 valence electrons. The maximum Gasteiger partial charge on any atom is 0.272 e. The van der Waals surface area contributed by atoms with Crippen LogP contribution in [0.4, 0.5) is 5.69 Å². The van der Waals surface area contributed by atoms with Gasteiger partial charge in [-0.2, -0.15) is 0 Å². The van der Waals surface area contributed by atoms with E-state index >= 15 is 0 Å². The van der Waals surface area contributed by atoms with Gasteiger partial charge in [-0.15, -0.1) is 0 Å². The van der Waals surface area contributed by atoms with Crippen LogP contribution in [0.3, 0.4) is 0 Å². The van der Waals surface area contributed by atoms with Gasteiger partial charge in [-0.3, -0.25) is 4.79 Å². The van der Waals surface area contributed by atoms with Crippen LogP contribution in [0.5, 0.6) is 0 Å². The molecule has 0 aliphatic carbocycles. The van der Waals surface area contributed by atoms with Crippen LogP contribution < -0.4 is 10.5 Å². The van der Waals surface area contributed by atoms with Crippen molar-refractivity contribution < 1.29 is 13.2 Å². The number of anilines is 1. The van der Waals surface area contributed by atoms with Crippen molar-refractivity contribution in [3.8, 4) is 0 Å². The maximum atomic E-state index is 12.5. The molecule has 9 heteroatoms. The highest BCUT2D eigenvalue weighted by atomic mass is 35.5. The predicted octanol–water partition coefficient (Wildman–Crippen LogP) is 3.38. The SMILES string of the molecule is Cn1c(C(=O)Nc2ccc(S(N)(=O)=O)cc2)cc2c(Cl)c(Cl)ccc21. The number of aromatic nitrogens is 1. The van der Waals surface area contributed by atoms with Crippen molar-refractivity contribution >= 4 is 55.7 Å². The molecule has 0 saturated carbocycles. The largest absolute Gasteiger partial charge is 0.340 e. The van der Waals surface area contributed by atoms with Gasteiger partial charge >= 0.3 is 0 Å².